The Hall–Kier alpha value is -2.62. The van der Waals surface area contributed by atoms with Crippen LogP contribution in [-0.4, -0.2) is 64.1 Å². The van der Waals surface area contributed by atoms with Crippen molar-refractivity contribution in [1.29, 1.82) is 0 Å². The molecule has 1 aliphatic carbocycles. The highest BCUT2D eigenvalue weighted by Crippen LogP contribution is 2.30. The van der Waals surface area contributed by atoms with Crippen molar-refractivity contribution < 1.29 is 22.7 Å². The molecule has 3 aliphatic rings. The molecule has 0 radical (unpaired) electrons. The minimum Gasteiger partial charge on any atom is -0.490 e. The molecular weight excluding hydrogens is 466 g/mol. The van der Waals surface area contributed by atoms with Crippen LogP contribution in [0.25, 0.3) is 0 Å². The van der Waals surface area contributed by atoms with Crippen molar-refractivity contribution in [2.75, 3.05) is 49.6 Å². The maximum Gasteiger partial charge on any atom is 0.257 e. The highest BCUT2D eigenvalue weighted by molar-refractivity contribution is 7.89. The molecule has 188 valence electrons. The molecule has 2 saturated heterocycles. The van der Waals surface area contributed by atoms with Crippen LogP contribution in [0.5, 0.6) is 5.75 Å². The predicted molar refractivity (Wildman–Crippen MR) is 135 cm³/mol. The lowest BCUT2D eigenvalue weighted by Gasteiger charge is -2.27. The highest BCUT2D eigenvalue weighted by atomic mass is 32.2. The molecule has 0 aromatic heterocycles. The lowest BCUT2D eigenvalue weighted by Crippen LogP contribution is -2.40. The van der Waals surface area contributed by atoms with Gasteiger partial charge in [-0.25, -0.2) is 8.42 Å². The van der Waals surface area contributed by atoms with E-state index in [-0.39, 0.29) is 16.9 Å². The second-order valence-corrected chi connectivity index (χ2v) is 11.3. The van der Waals surface area contributed by atoms with Gasteiger partial charge in [0.2, 0.25) is 10.0 Å². The van der Waals surface area contributed by atoms with E-state index in [1.165, 1.54) is 23.2 Å². The summed E-state index contributed by atoms with van der Waals surface area (Å²) in [6.45, 7) is 3.06. The van der Waals surface area contributed by atoms with Gasteiger partial charge >= 0.3 is 0 Å². The average molecular weight is 500 g/mol. The van der Waals surface area contributed by atoms with Crippen LogP contribution in [0.3, 0.4) is 0 Å². The summed E-state index contributed by atoms with van der Waals surface area (Å²) in [5.74, 6) is 0.405. The number of hydrogen-bond donors (Lipinski definition) is 1. The number of sulfonamides is 1. The fraction of sp³-hybridized carbons (Fsp3) is 0.500. The lowest BCUT2D eigenvalue weighted by atomic mass is 10.1. The molecule has 3 fully saturated rings. The molecule has 1 saturated carbocycles. The zero-order valence-electron chi connectivity index (χ0n) is 19.9. The molecule has 1 amide bonds. The van der Waals surface area contributed by atoms with E-state index in [0.29, 0.717) is 37.6 Å². The molecule has 2 aromatic rings. The fourth-order valence-electron chi connectivity index (χ4n) is 5.07. The molecule has 2 heterocycles. The first-order valence-electron chi connectivity index (χ1n) is 12.6. The molecule has 0 atom stereocenters. The van der Waals surface area contributed by atoms with E-state index < -0.39 is 10.0 Å². The Morgan fingerprint density at radius 2 is 1.69 bits per heavy atom. The summed E-state index contributed by atoms with van der Waals surface area (Å²) in [7, 11) is -3.72. The van der Waals surface area contributed by atoms with Crippen LogP contribution in [0.4, 0.5) is 11.4 Å². The summed E-state index contributed by atoms with van der Waals surface area (Å²) in [5, 5.41) is 2.97. The van der Waals surface area contributed by atoms with Gasteiger partial charge in [-0.2, -0.15) is 4.31 Å². The summed E-state index contributed by atoms with van der Waals surface area (Å²) < 4.78 is 39.4. The van der Waals surface area contributed by atoms with Crippen molar-refractivity contribution in [1.82, 2.24) is 4.31 Å². The van der Waals surface area contributed by atoms with Crippen LogP contribution in [0.2, 0.25) is 0 Å². The van der Waals surface area contributed by atoms with Crippen LogP contribution in [0.1, 0.15) is 48.9 Å². The minimum atomic E-state index is -3.72. The summed E-state index contributed by atoms with van der Waals surface area (Å²) in [6, 6.07) is 12.3. The number of amides is 1. The van der Waals surface area contributed by atoms with Gasteiger partial charge in [0.05, 0.1) is 29.8 Å². The molecule has 2 aromatic carbocycles. The van der Waals surface area contributed by atoms with E-state index >= 15 is 0 Å². The third kappa shape index (κ3) is 5.47. The van der Waals surface area contributed by atoms with Crippen LogP contribution >= 0.6 is 0 Å². The van der Waals surface area contributed by atoms with Gasteiger partial charge in [-0.15, -0.1) is 0 Å². The van der Waals surface area contributed by atoms with Crippen molar-refractivity contribution >= 4 is 27.3 Å². The van der Waals surface area contributed by atoms with Crippen LogP contribution in [-0.2, 0) is 14.8 Å². The van der Waals surface area contributed by atoms with Crippen molar-refractivity contribution in [2.24, 2.45) is 0 Å². The standard InChI is InChI=1S/C26H33N3O5S/c30-26(27-20-6-5-9-22(18-20)34-21-7-1-2-8-21)24-19-23(10-11-25(24)28-12-3-4-13-28)35(31,32)29-14-16-33-17-15-29/h5-6,9-11,18-19,21H,1-4,7-8,12-17H2,(H,27,30). The second-order valence-electron chi connectivity index (χ2n) is 9.40. The van der Waals surface area contributed by atoms with Crippen molar-refractivity contribution in [3.63, 3.8) is 0 Å². The third-order valence-corrected chi connectivity index (χ3v) is 8.86. The second kappa shape index (κ2) is 10.6. The largest absolute Gasteiger partial charge is 0.490 e. The number of benzene rings is 2. The van der Waals surface area contributed by atoms with E-state index in [9.17, 15) is 13.2 Å². The Balaban J connectivity index is 1.41. The number of carbonyl (C=O) groups is 1. The number of ether oxygens (including phenoxy) is 2. The summed E-state index contributed by atoms with van der Waals surface area (Å²) in [5.41, 5.74) is 1.75. The van der Waals surface area contributed by atoms with Crippen LogP contribution < -0.4 is 15.0 Å². The van der Waals surface area contributed by atoms with Gasteiger partial charge in [0.1, 0.15) is 5.75 Å². The Morgan fingerprint density at radius 1 is 0.943 bits per heavy atom. The number of nitrogens with one attached hydrogen (secondary N) is 1. The minimum absolute atomic E-state index is 0.130. The molecule has 35 heavy (non-hydrogen) atoms. The summed E-state index contributed by atoms with van der Waals surface area (Å²) in [4.78, 5) is 15.8. The maximum absolute atomic E-state index is 13.5. The molecule has 2 aliphatic heterocycles. The van der Waals surface area contributed by atoms with E-state index in [1.807, 2.05) is 24.3 Å². The first-order valence-corrected chi connectivity index (χ1v) is 14.0. The monoisotopic (exact) mass is 499 g/mol. The van der Waals surface area contributed by atoms with E-state index in [4.69, 9.17) is 9.47 Å². The van der Waals surface area contributed by atoms with Gasteiger partial charge in [0.25, 0.3) is 5.91 Å². The molecule has 0 bridgehead atoms. The Bertz CT molecular complexity index is 1150. The zero-order chi connectivity index (χ0) is 24.3. The van der Waals surface area contributed by atoms with Gasteiger partial charge in [-0.05, 0) is 68.9 Å². The normalized spacial score (nSPS) is 19.7. The molecule has 0 spiro atoms. The molecule has 9 heteroatoms. The SMILES string of the molecule is O=C(Nc1cccc(OC2CCCC2)c1)c1cc(S(=O)(=O)N2CCOCC2)ccc1N1CCCC1. The summed E-state index contributed by atoms with van der Waals surface area (Å²) >= 11 is 0. The van der Waals surface area contributed by atoms with Gasteiger partial charge < -0.3 is 19.7 Å². The Kier molecular flexibility index (Phi) is 7.27. The summed E-state index contributed by atoms with van der Waals surface area (Å²) in [6.07, 6.45) is 6.81. The molecule has 0 unspecified atom stereocenters. The number of morpholine rings is 1. The Labute approximate surface area is 207 Å². The van der Waals surface area contributed by atoms with Crippen molar-refractivity contribution in [3.8, 4) is 5.75 Å². The molecular formula is C26H33N3O5S. The van der Waals surface area contributed by atoms with Gasteiger partial charge in [0, 0.05) is 43.6 Å². The first-order chi connectivity index (χ1) is 17.0. The van der Waals surface area contributed by atoms with Gasteiger partial charge in [-0.3, -0.25) is 4.79 Å². The van der Waals surface area contributed by atoms with Crippen molar-refractivity contribution in [3.05, 3.63) is 48.0 Å². The van der Waals surface area contributed by atoms with Crippen LogP contribution in [0.15, 0.2) is 47.4 Å². The van der Waals surface area contributed by atoms with Crippen molar-refractivity contribution in [2.45, 2.75) is 49.5 Å². The van der Waals surface area contributed by atoms with E-state index in [0.717, 1.165) is 50.2 Å². The third-order valence-electron chi connectivity index (χ3n) is 6.96. The fourth-order valence-corrected chi connectivity index (χ4v) is 6.51. The number of rotatable bonds is 7. The topological polar surface area (TPSA) is 88.2 Å². The Morgan fingerprint density at radius 3 is 2.43 bits per heavy atom. The maximum atomic E-state index is 13.5. The quantitative estimate of drug-likeness (QED) is 0.622. The zero-order valence-corrected chi connectivity index (χ0v) is 20.8. The predicted octanol–water partition coefficient (Wildman–Crippen LogP) is 3.88. The average Bonchev–Trinajstić information content (AvgIpc) is 3.59. The number of hydrogen-bond acceptors (Lipinski definition) is 6. The number of nitrogens with zero attached hydrogens (tertiary/aromatic N) is 2. The molecule has 8 nitrogen and oxygen atoms in total. The van der Waals surface area contributed by atoms with Crippen LogP contribution in [0, 0.1) is 0 Å². The molecule has 1 N–H and O–H groups in total. The number of carbonyl (C=O) groups excluding carboxylic acids is 1. The van der Waals surface area contributed by atoms with Gasteiger partial charge in [-0.1, -0.05) is 6.07 Å². The smallest absolute Gasteiger partial charge is 0.257 e. The van der Waals surface area contributed by atoms with Gasteiger partial charge in [0.15, 0.2) is 0 Å². The van der Waals surface area contributed by atoms with E-state index in [1.54, 1.807) is 12.1 Å². The molecule has 5 rings (SSSR count). The number of anilines is 2. The lowest BCUT2D eigenvalue weighted by molar-refractivity contribution is 0.0730. The first kappa shape index (κ1) is 24.1. The highest BCUT2D eigenvalue weighted by Gasteiger charge is 2.29. The van der Waals surface area contributed by atoms with E-state index in [2.05, 4.69) is 10.2 Å².